The van der Waals surface area contributed by atoms with Crippen LogP contribution in [-0.4, -0.2) is 13.7 Å². The summed E-state index contributed by atoms with van der Waals surface area (Å²) in [6.07, 6.45) is 1.66. The van der Waals surface area contributed by atoms with Crippen LogP contribution in [0.5, 0.6) is 5.75 Å². The van der Waals surface area contributed by atoms with Gasteiger partial charge in [0, 0.05) is 5.56 Å². The van der Waals surface area contributed by atoms with Crippen LogP contribution in [0.2, 0.25) is 5.02 Å². The summed E-state index contributed by atoms with van der Waals surface area (Å²) in [5.41, 5.74) is 2.11. The van der Waals surface area contributed by atoms with Crippen LogP contribution in [0, 0.1) is 0 Å². The Balaban J connectivity index is 2.39. The minimum Gasteiger partial charge on any atom is -0.495 e. The second-order valence-electron chi connectivity index (χ2n) is 4.03. The van der Waals surface area contributed by atoms with Crippen LogP contribution >= 0.6 is 27.5 Å². The van der Waals surface area contributed by atoms with E-state index in [0.29, 0.717) is 10.8 Å². The lowest BCUT2D eigenvalue weighted by atomic mass is 10.0. The highest BCUT2D eigenvalue weighted by molar-refractivity contribution is 9.10. The third-order valence-corrected chi connectivity index (χ3v) is 3.81. The summed E-state index contributed by atoms with van der Waals surface area (Å²) in [6, 6.07) is 7.75. The molecule has 2 aromatic rings. The highest BCUT2D eigenvalue weighted by Crippen LogP contribution is 2.33. The summed E-state index contributed by atoms with van der Waals surface area (Å²) in [5, 5.41) is 4.02. The van der Waals surface area contributed by atoms with Crippen molar-refractivity contribution >= 4 is 27.5 Å². The van der Waals surface area contributed by atoms with Crippen molar-refractivity contribution < 1.29 is 9.15 Å². The second kappa shape index (κ2) is 6.46. The molecule has 19 heavy (non-hydrogen) atoms. The highest BCUT2D eigenvalue weighted by Gasteiger charge is 2.19. The van der Waals surface area contributed by atoms with Gasteiger partial charge in [0.25, 0.3) is 0 Å². The van der Waals surface area contributed by atoms with Crippen LogP contribution in [0.4, 0.5) is 0 Å². The van der Waals surface area contributed by atoms with Crippen molar-refractivity contribution in [3.05, 3.63) is 51.3 Å². The third-order valence-electron chi connectivity index (χ3n) is 2.87. The van der Waals surface area contributed by atoms with Gasteiger partial charge in [-0.3, -0.25) is 0 Å². The van der Waals surface area contributed by atoms with Gasteiger partial charge in [-0.1, -0.05) is 24.6 Å². The zero-order valence-electron chi connectivity index (χ0n) is 10.7. The van der Waals surface area contributed by atoms with E-state index in [1.165, 1.54) is 0 Å². The first-order valence-electron chi connectivity index (χ1n) is 5.97. The summed E-state index contributed by atoms with van der Waals surface area (Å²) in [4.78, 5) is 0. The van der Waals surface area contributed by atoms with E-state index < -0.39 is 0 Å². The smallest absolute Gasteiger partial charge is 0.174 e. The standard InChI is InChI=1S/C14H15BrClNO2/c1-3-17-13(10-6-7-19-14(10)15)9-4-5-12(18-2)11(16)8-9/h4-8,13,17H,3H2,1-2H3. The molecule has 1 heterocycles. The fraction of sp³-hybridized carbons (Fsp3) is 0.286. The molecule has 3 nitrogen and oxygen atoms in total. The Morgan fingerprint density at radius 1 is 1.42 bits per heavy atom. The molecule has 1 aromatic carbocycles. The minimum atomic E-state index is 0.0292. The highest BCUT2D eigenvalue weighted by atomic mass is 79.9. The largest absolute Gasteiger partial charge is 0.495 e. The van der Waals surface area contributed by atoms with Gasteiger partial charge in [0.2, 0.25) is 0 Å². The molecule has 0 spiro atoms. The molecule has 0 bridgehead atoms. The number of furan rings is 1. The topological polar surface area (TPSA) is 34.4 Å². The van der Waals surface area contributed by atoms with Crippen LogP contribution in [0.3, 0.4) is 0 Å². The lowest BCUT2D eigenvalue weighted by Gasteiger charge is -2.18. The molecule has 1 aromatic heterocycles. The van der Waals surface area contributed by atoms with Gasteiger partial charge in [-0.25, -0.2) is 0 Å². The van der Waals surface area contributed by atoms with E-state index in [2.05, 4.69) is 28.2 Å². The summed E-state index contributed by atoms with van der Waals surface area (Å²) >= 11 is 9.60. The van der Waals surface area contributed by atoms with Crippen molar-refractivity contribution in [1.29, 1.82) is 0 Å². The van der Waals surface area contributed by atoms with E-state index in [0.717, 1.165) is 22.3 Å². The molecule has 1 N–H and O–H groups in total. The molecule has 0 amide bonds. The number of hydrogen-bond donors (Lipinski definition) is 1. The fourth-order valence-electron chi connectivity index (χ4n) is 1.98. The number of rotatable bonds is 5. The maximum absolute atomic E-state index is 6.19. The van der Waals surface area contributed by atoms with E-state index in [-0.39, 0.29) is 6.04 Å². The van der Waals surface area contributed by atoms with Crippen molar-refractivity contribution in [1.82, 2.24) is 5.32 Å². The molecule has 0 saturated carbocycles. The maximum atomic E-state index is 6.19. The second-order valence-corrected chi connectivity index (χ2v) is 5.16. The molecule has 1 atom stereocenters. The Morgan fingerprint density at radius 3 is 2.74 bits per heavy atom. The number of benzene rings is 1. The van der Waals surface area contributed by atoms with Crippen LogP contribution in [0.1, 0.15) is 24.1 Å². The first-order chi connectivity index (χ1) is 9.17. The summed E-state index contributed by atoms with van der Waals surface area (Å²) in [5.74, 6) is 0.673. The Kier molecular flexibility index (Phi) is 4.91. The van der Waals surface area contributed by atoms with Gasteiger partial charge in [0.1, 0.15) is 5.75 Å². The Hall–Kier alpha value is -0.970. The van der Waals surface area contributed by atoms with Crippen molar-refractivity contribution in [3.8, 4) is 5.75 Å². The zero-order valence-corrected chi connectivity index (χ0v) is 13.1. The van der Waals surface area contributed by atoms with E-state index in [9.17, 15) is 0 Å². The lowest BCUT2D eigenvalue weighted by molar-refractivity contribution is 0.414. The number of nitrogens with one attached hydrogen (secondary N) is 1. The molecule has 5 heteroatoms. The van der Waals surface area contributed by atoms with Crippen molar-refractivity contribution in [2.45, 2.75) is 13.0 Å². The molecule has 102 valence electrons. The van der Waals surface area contributed by atoms with Gasteiger partial charge < -0.3 is 14.5 Å². The average Bonchev–Trinajstić information content (AvgIpc) is 2.82. The SMILES string of the molecule is CCNC(c1ccc(OC)c(Cl)c1)c1ccoc1Br. The number of hydrogen-bond acceptors (Lipinski definition) is 3. The Labute approximate surface area is 126 Å². The van der Waals surface area contributed by atoms with Crippen molar-refractivity contribution in [2.75, 3.05) is 13.7 Å². The van der Waals surface area contributed by atoms with Gasteiger partial charge in [0.05, 0.1) is 24.4 Å². The molecule has 2 rings (SSSR count). The first kappa shape index (κ1) is 14.4. The van der Waals surface area contributed by atoms with Crippen molar-refractivity contribution in [3.63, 3.8) is 0 Å². The predicted octanol–water partition coefficient (Wildman–Crippen LogP) is 4.40. The molecule has 0 aliphatic carbocycles. The molecule has 0 fully saturated rings. The summed E-state index contributed by atoms with van der Waals surface area (Å²) in [6.45, 7) is 2.90. The first-order valence-corrected chi connectivity index (χ1v) is 7.14. The van der Waals surface area contributed by atoms with E-state index >= 15 is 0 Å². The predicted molar refractivity (Wildman–Crippen MR) is 79.9 cm³/mol. The fourth-order valence-corrected chi connectivity index (χ4v) is 2.72. The van der Waals surface area contributed by atoms with Gasteiger partial charge in [-0.2, -0.15) is 0 Å². The molecular formula is C14H15BrClNO2. The molecule has 0 saturated heterocycles. The molecule has 0 aliphatic rings. The summed E-state index contributed by atoms with van der Waals surface area (Å²) < 4.78 is 11.2. The molecular weight excluding hydrogens is 330 g/mol. The van der Waals surface area contributed by atoms with E-state index in [1.54, 1.807) is 13.4 Å². The maximum Gasteiger partial charge on any atom is 0.174 e. The van der Waals surface area contributed by atoms with Crippen LogP contribution in [-0.2, 0) is 0 Å². The van der Waals surface area contributed by atoms with Crippen LogP contribution in [0.25, 0.3) is 0 Å². The number of halogens is 2. The lowest BCUT2D eigenvalue weighted by Crippen LogP contribution is -2.21. The van der Waals surface area contributed by atoms with E-state index in [1.807, 2.05) is 24.3 Å². The van der Waals surface area contributed by atoms with Gasteiger partial charge >= 0.3 is 0 Å². The van der Waals surface area contributed by atoms with Crippen LogP contribution in [0.15, 0.2) is 39.6 Å². The molecule has 0 aliphatic heterocycles. The van der Waals surface area contributed by atoms with Crippen molar-refractivity contribution in [2.24, 2.45) is 0 Å². The average molecular weight is 345 g/mol. The van der Waals surface area contributed by atoms with Gasteiger partial charge in [-0.05, 0) is 46.2 Å². The quantitative estimate of drug-likeness (QED) is 0.873. The van der Waals surface area contributed by atoms with Gasteiger partial charge in [0.15, 0.2) is 4.67 Å². The number of methoxy groups -OCH3 is 1. The van der Waals surface area contributed by atoms with E-state index in [4.69, 9.17) is 20.8 Å². The summed E-state index contributed by atoms with van der Waals surface area (Å²) in [7, 11) is 1.61. The Morgan fingerprint density at radius 2 is 2.21 bits per heavy atom. The molecule has 0 radical (unpaired) electrons. The Bertz CT molecular complexity index is 556. The van der Waals surface area contributed by atoms with Crippen LogP contribution < -0.4 is 10.1 Å². The third kappa shape index (κ3) is 3.14. The monoisotopic (exact) mass is 343 g/mol. The van der Waals surface area contributed by atoms with Gasteiger partial charge in [-0.15, -0.1) is 0 Å². The normalized spacial score (nSPS) is 12.4. The molecule has 1 unspecified atom stereocenters. The zero-order chi connectivity index (χ0) is 13.8. The number of ether oxygens (including phenoxy) is 1. The minimum absolute atomic E-state index is 0.0292.